The monoisotopic (exact) mass is 321 g/mol. The summed E-state index contributed by atoms with van der Waals surface area (Å²) in [5.41, 5.74) is 3.56. The van der Waals surface area contributed by atoms with Crippen LogP contribution in [-0.2, 0) is 6.42 Å². The average molecular weight is 321 g/mol. The number of H-pyrrole nitrogens is 1. The smallest absolute Gasteiger partial charge is 0.161 e. The molecule has 3 aromatic rings. The second-order valence-corrected chi connectivity index (χ2v) is 5.61. The Kier molecular flexibility index (Phi) is 4.30. The lowest BCUT2D eigenvalue weighted by atomic mass is 10.1. The molecule has 1 aromatic heterocycles. The molecular weight excluding hydrogens is 305 g/mol. The standard InChI is InChI=1S/C19H16FN3O/c1-12(24)16-4-2-13(10-21)8-18(16)22-7-6-14-11-23-19-9-15(20)3-5-17(14)19/h2-5,8-9,11,22-23H,6-7H2,1H3. The number of hydrogen-bond acceptors (Lipinski definition) is 3. The Labute approximate surface area is 138 Å². The van der Waals surface area contributed by atoms with E-state index in [0.717, 1.165) is 16.5 Å². The topological polar surface area (TPSA) is 68.7 Å². The lowest BCUT2D eigenvalue weighted by Crippen LogP contribution is -2.08. The molecule has 0 aliphatic rings. The Balaban J connectivity index is 1.76. The molecule has 0 radical (unpaired) electrons. The van der Waals surface area contributed by atoms with Crippen molar-refractivity contribution in [3.8, 4) is 6.07 Å². The molecule has 0 unspecified atom stereocenters. The van der Waals surface area contributed by atoms with Crippen molar-refractivity contribution in [1.82, 2.24) is 4.98 Å². The first-order valence-electron chi connectivity index (χ1n) is 7.63. The maximum absolute atomic E-state index is 13.2. The Hall–Kier alpha value is -3.13. The number of Topliss-reactive ketones (excluding diaryl/α,β-unsaturated/α-hetero) is 1. The average Bonchev–Trinajstić information content (AvgIpc) is 2.96. The summed E-state index contributed by atoms with van der Waals surface area (Å²) < 4.78 is 13.2. The molecule has 0 fully saturated rings. The number of hydrogen-bond donors (Lipinski definition) is 2. The van der Waals surface area contributed by atoms with Crippen LogP contribution in [0.1, 0.15) is 28.4 Å². The number of halogens is 1. The minimum atomic E-state index is -0.270. The molecule has 3 rings (SSSR count). The number of carbonyl (C=O) groups excluding carboxylic acids is 1. The van der Waals surface area contributed by atoms with Gasteiger partial charge in [0, 0.05) is 34.9 Å². The van der Waals surface area contributed by atoms with Crippen molar-refractivity contribution in [2.75, 3.05) is 11.9 Å². The lowest BCUT2D eigenvalue weighted by molar-refractivity contribution is 0.101. The molecule has 120 valence electrons. The first-order valence-corrected chi connectivity index (χ1v) is 7.63. The summed E-state index contributed by atoms with van der Waals surface area (Å²) in [6, 6.07) is 11.7. The quantitative estimate of drug-likeness (QED) is 0.697. The minimum absolute atomic E-state index is 0.0513. The summed E-state index contributed by atoms with van der Waals surface area (Å²) in [7, 11) is 0. The number of aromatic amines is 1. The molecule has 0 atom stereocenters. The second-order valence-electron chi connectivity index (χ2n) is 5.61. The summed E-state index contributed by atoms with van der Waals surface area (Å²) in [5.74, 6) is -0.321. The molecule has 0 bridgehead atoms. The zero-order chi connectivity index (χ0) is 17.1. The maximum Gasteiger partial charge on any atom is 0.161 e. The number of rotatable bonds is 5. The zero-order valence-corrected chi connectivity index (χ0v) is 13.2. The summed E-state index contributed by atoms with van der Waals surface area (Å²) >= 11 is 0. The first-order chi connectivity index (χ1) is 11.6. The van der Waals surface area contributed by atoms with Crippen molar-refractivity contribution in [2.45, 2.75) is 13.3 Å². The molecule has 1 heterocycles. The fourth-order valence-electron chi connectivity index (χ4n) is 2.76. The number of benzene rings is 2. The molecule has 0 spiro atoms. The molecule has 0 saturated carbocycles. The van der Waals surface area contributed by atoms with Crippen molar-refractivity contribution >= 4 is 22.4 Å². The van der Waals surface area contributed by atoms with E-state index in [-0.39, 0.29) is 11.6 Å². The van der Waals surface area contributed by atoms with E-state index in [0.29, 0.717) is 29.8 Å². The molecule has 2 aromatic carbocycles. The third kappa shape index (κ3) is 3.13. The SMILES string of the molecule is CC(=O)c1ccc(C#N)cc1NCCc1c[nH]c2cc(F)ccc12. The predicted octanol–water partition coefficient (Wildman–Crippen LogP) is 4.04. The third-order valence-electron chi connectivity index (χ3n) is 3.97. The van der Waals surface area contributed by atoms with Gasteiger partial charge in [-0.2, -0.15) is 5.26 Å². The molecule has 0 amide bonds. The third-order valence-corrected chi connectivity index (χ3v) is 3.97. The number of fused-ring (bicyclic) bond motifs is 1. The van der Waals surface area contributed by atoms with Gasteiger partial charge in [0.25, 0.3) is 0 Å². The van der Waals surface area contributed by atoms with Crippen LogP contribution in [0.4, 0.5) is 10.1 Å². The second kappa shape index (κ2) is 6.55. The molecule has 4 nitrogen and oxygen atoms in total. The van der Waals surface area contributed by atoms with Gasteiger partial charge in [0.05, 0.1) is 11.6 Å². The van der Waals surface area contributed by atoms with Crippen molar-refractivity contribution in [2.24, 2.45) is 0 Å². The molecule has 5 heteroatoms. The maximum atomic E-state index is 13.2. The largest absolute Gasteiger partial charge is 0.384 e. The number of nitriles is 1. The minimum Gasteiger partial charge on any atom is -0.384 e. The predicted molar refractivity (Wildman–Crippen MR) is 91.6 cm³/mol. The van der Waals surface area contributed by atoms with E-state index in [9.17, 15) is 9.18 Å². The highest BCUT2D eigenvalue weighted by Gasteiger charge is 2.09. The van der Waals surface area contributed by atoms with Crippen LogP contribution in [0.2, 0.25) is 0 Å². The van der Waals surface area contributed by atoms with Crippen LogP contribution < -0.4 is 5.32 Å². The van der Waals surface area contributed by atoms with Crippen LogP contribution in [0.5, 0.6) is 0 Å². The normalized spacial score (nSPS) is 10.5. The van der Waals surface area contributed by atoms with E-state index < -0.39 is 0 Å². The van der Waals surface area contributed by atoms with Gasteiger partial charge in [0.2, 0.25) is 0 Å². The molecule has 24 heavy (non-hydrogen) atoms. The highest BCUT2D eigenvalue weighted by Crippen LogP contribution is 2.21. The number of carbonyl (C=O) groups is 1. The summed E-state index contributed by atoms with van der Waals surface area (Å²) in [6.07, 6.45) is 2.57. The van der Waals surface area contributed by atoms with Crippen molar-refractivity contribution in [3.63, 3.8) is 0 Å². The van der Waals surface area contributed by atoms with E-state index in [2.05, 4.69) is 16.4 Å². The number of nitrogens with zero attached hydrogens (tertiary/aromatic N) is 1. The van der Waals surface area contributed by atoms with Gasteiger partial charge >= 0.3 is 0 Å². The van der Waals surface area contributed by atoms with Gasteiger partial charge in [0.15, 0.2) is 5.78 Å². The lowest BCUT2D eigenvalue weighted by Gasteiger charge is -2.10. The van der Waals surface area contributed by atoms with Gasteiger partial charge in [0.1, 0.15) is 5.82 Å². The van der Waals surface area contributed by atoms with Gasteiger partial charge in [-0.1, -0.05) is 0 Å². The van der Waals surface area contributed by atoms with Crippen LogP contribution in [0, 0.1) is 17.1 Å². The zero-order valence-electron chi connectivity index (χ0n) is 13.2. The van der Waals surface area contributed by atoms with E-state index >= 15 is 0 Å². The first kappa shape index (κ1) is 15.8. The molecule has 0 aliphatic heterocycles. The van der Waals surface area contributed by atoms with E-state index in [1.54, 1.807) is 24.3 Å². The Morgan fingerprint density at radius 2 is 2.12 bits per heavy atom. The van der Waals surface area contributed by atoms with Gasteiger partial charge < -0.3 is 10.3 Å². The van der Waals surface area contributed by atoms with Gasteiger partial charge in [-0.05, 0) is 55.3 Å². The highest BCUT2D eigenvalue weighted by atomic mass is 19.1. The van der Waals surface area contributed by atoms with Crippen LogP contribution in [0.3, 0.4) is 0 Å². The molecule has 0 aliphatic carbocycles. The molecule has 0 saturated heterocycles. The van der Waals surface area contributed by atoms with Crippen molar-refractivity contribution < 1.29 is 9.18 Å². The number of anilines is 1. The van der Waals surface area contributed by atoms with Crippen LogP contribution >= 0.6 is 0 Å². The number of ketones is 1. The summed E-state index contributed by atoms with van der Waals surface area (Å²) in [6.45, 7) is 2.10. The Morgan fingerprint density at radius 1 is 1.29 bits per heavy atom. The number of aromatic nitrogens is 1. The van der Waals surface area contributed by atoms with Crippen LogP contribution in [-0.4, -0.2) is 17.3 Å². The van der Waals surface area contributed by atoms with Gasteiger partial charge in [-0.15, -0.1) is 0 Å². The van der Waals surface area contributed by atoms with Crippen LogP contribution in [0.15, 0.2) is 42.6 Å². The fraction of sp³-hybridized carbons (Fsp3) is 0.158. The highest BCUT2D eigenvalue weighted by molar-refractivity contribution is 5.99. The summed E-state index contributed by atoms with van der Waals surface area (Å²) in [4.78, 5) is 14.8. The van der Waals surface area contributed by atoms with E-state index in [1.807, 2.05) is 6.20 Å². The Bertz CT molecular complexity index is 953. The molecular formula is C19H16FN3O. The van der Waals surface area contributed by atoms with E-state index in [4.69, 9.17) is 5.26 Å². The molecule has 2 N–H and O–H groups in total. The fourth-order valence-corrected chi connectivity index (χ4v) is 2.76. The van der Waals surface area contributed by atoms with Crippen LogP contribution in [0.25, 0.3) is 10.9 Å². The van der Waals surface area contributed by atoms with E-state index in [1.165, 1.54) is 19.1 Å². The Morgan fingerprint density at radius 3 is 2.88 bits per heavy atom. The number of nitrogens with one attached hydrogen (secondary N) is 2. The van der Waals surface area contributed by atoms with Gasteiger partial charge in [-0.3, -0.25) is 4.79 Å². The van der Waals surface area contributed by atoms with Crippen molar-refractivity contribution in [1.29, 1.82) is 5.26 Å². The summed E-state index contributed by atoms with van der Waals surface area (Å²) in [5, 5.41) is 13.2. The van der Waals surface area contributed by atoms with Gasteiger partial charge in [-0.25, -0.2) is 4.39 Å². The van der Waals surface area contributed by atoms with Crippen molar-refractivity contribution in [3.05, 3.63) is 65.1 Å².